The number of carboxylic acids is 2. The summed E-state index contributed by atoms with van der Waals surface area (Å²) in [5.41, 5.74) is 3.13. The summed E-state index contributed by atoms with van der Waals surface area (Å²) in [5, 5.41) is 46.0. The molecule has 2 saturated heterocycles. The maximum Gasteiger partial charge on any atom is 0.141 e. The first-order valence-electron chi connectivity index (χ1n) is 16.8. The number of hydrogen-bond acceptors (Lipinski definition) is 8. The Morgan fingerprint density at radius 3 is 1.50 bits per heavy atom. The summed E-state index contributed by atoms with van der Waals surface area (Å²) in [6.45, 7) is 6.65. The second-order valence-corrected chi connectivity index (χ2v) is 13.7. The Balaban J connectivity index is 0.000000170. The van der Waals surface area contributed by atoms with Gasteiger partial charge in [0.05, 0.1) is 38.6 Å². The molecule has 2 aliphatic carbocycles. The van der Waals surface area contributed by atoms with Crippen molar-refractivity contribution in [2.75, 3.05) is 13.1 Å². The highest BCUT2D eigenvalue weighted by Crippen LogP contribution is 2.47. The van der Waals surface area contributed by atoms with Crippen molar-refractivity contribution in [2.45, 2.75) is 114 Å². The van der Waals surface area contributed by atoms with Gasteiger partial charge in [-0.25, -0.2) is 0 Å². The lowest BCUT2D eigenvalue weighted by Gasteiger charge is -2.43. The zero-order valence-electron chi connectivity index (χ0n) is 27.4. The monoisotopic (exact) mass is 630 g/mol. The number of hydrogen-bond donors (Lipinski definition) is 4. The van der Waals surface area contributed by atoms with Crippen LogP contribution in [0.5, 0.6) is 11.5 Å². The van der Waals surface area contributed by atoms with Crippen molar-refractivity contribution >= 4 is 11.9 Å². The number of aliphatic carboxylic acids is 2. The fraction of sp³-hybridized carbons (Fsp3) is 0.526. The number of rotatable bonds is 4. The number of carboxylic acid groups (broad SMARTS) is 2. The van der Waals surface area contributed by atoms with E-state index in [1.165, 1.54) is 88.2 Å². The summed E-state index contributed by atoms with van der Waals surface area (Å²) < 4.78 is 0. The average molecular weight is 631 g/mol. The molecule has 4 fully saturated rings. The van der Waals surface area contributed by atoms with E-state index < -0.39 is 11.9 Å². The molecule has 0 radical (unpaired) electrons. The molecule has 4 N–H and O–H groups in total. The zero-order valence-corrected chi connectivity index (χ0v) is 27.4. The van der Waals surface area contributed by atoms with E-state index in [0.29, 0.717) is 35.7 Å². The first-order valence-corrected chi connectivity index (χ1v) is 16.8. The van der Waals surface area contributed by atoms with Gasteiger partial charge in [-0.05, 0) is 86.1 Å². The van der Waals surface area contributed by atoms with E-state index >= 15 is 0 Å². The van der Waals surface area contributed by atoms with Crippen molar-refractivity contribution in [1.82, 2.24) is 10.6 Å². The van der Waals surface area contributed by atoms with Crippen LogP contribution in [0.1, 0.15) is 102 Å². The number of benzene rings is 2. The number of carbonyl (C=O) groups is 2. The largest absolute Gasteiger partial charge is 0.545 e. The molecule has 4 atom stereocenters. The molecule has 8 heteroatoms. The molecule has 8 nitrogen and oxygen atoms in total. The van der Waals surface area contributed by atoms with Crippen molar-refractivity contribution in [1.29, 1.82) is 0 Å². The molecular weight excluding hydrogens is 580 g/mol. The van der Waals surface area contributed by atoms with E-state index in [1.54, 1.807) is 24.0 Å². The molecule has 2 aliphatic heterocycles. The second-order valence-electron chi connectivity index (χ2n) is 13.7. The molecule has 2 saturated carbocycles. The number of aromatic hydroxyl groups is 2. The highest BCUT2D eigenvalue weighted by atomic mass is 16.4. The van der Waals surface area contributed by atoms with Gasteiger partial charge < -0.3 is 30.0 Å². The number of fused-ring (bicyclic) bond motifs is 2. The van der Waals surface area contributed by atoms with Crippen LogP contribution in [0.15, 0.2) is 60.7 Å². The highest BCUT2D eigenvalue weighted by molar-refractivity contribution is 5.87. The first-order chi connectivity index (χ1) is 22.0. The fourth-order valence-corrected chi connectivity index (χ4v) is 8.06. The van der Waals surface area contributed by atoms with E-state index in [2.05, 4.69) is 36.6 Å². The third kappa shape index (κ3) is 9.01. The van der Waals surface area contributed by atoms with Gasteiger partial charge in [-0.2, -0.15) is 0 Å². The van der Waals surface area contributed by atoms with Crippen LogP contribution in [-0.4, -0.2) is 47.3 Å². The maximum absolute atomic E-state index is 9.83. The molecule has 2 aromatic carbocycles. The van der Waals surface area contributed by atoms with Gasteiger partial charge in [-0.3, -0.25) is 10.6 Å². The fourth-order valence-electron chi connectivity index (χ4n) is 8.06. The molecule has 4 aliphatic rings. The minimum atomic E-state index is -1.55. The maximum atomic E-state index is 9.83. The summed E-state index contributed by atoms with van der Waals surface area (Å²) in [4.78, 5) is 18.8. The van der Waals surface area contributed by atoms with Crippen LogP contribution in [-0.2, 0) is 20.4 Å². The average Bonchev–Trinajstić information content (AvgIpc) is 3.33. The third-order valence-electron chi connectivity index (χ3n) is 10.6. The minimum Gasteiger partial charge on any atom is -0.545 e. The van der Waals surface area contributed by atoms with Gasteiger partial charge in [-0.1, -0.05) is 49.9 Å². The minimum absolute atomic E-state index is 0.231. The predicted octanol–water partition coefficient (Wildman–Crippen LogP) is 4.14. The Morgan fingerprint density at radius 2 is 1.13 bits per heavy atom. The van der Waals surface area contributed by atoms with Gasteiger partial charge in [-0.15, -0.1) is 0 Å². The first kappa shape index (κ1) is 35.2. The molecule has 6 rings (SSSR count). The summed E-state index contributed by atoms with van der Waals surface area (Å²) in [6, 6.07) is 17.1. The smallest absolute Gasteiger partial charge is 0.141 e. The SMILES string of the molecule is C[C+]1CC[C@]2(c3cccc(O)c3)CCCC[C@H]2NC1.C[C+]1CC[C@]2(c3cccc(O)c3)CCCC[C@H]2NC1.O=C([O-])/C=C\C(=O)[O-]. The molecule has 248 valence electrons. The molecule has 0 spiro atoms. The van der Waals surface area contributed by atoms with Crippen molar-refractivity contribution in [2.24, 2.45) is 0 Å². The van der Waals surface area contributed by atoms with Crippen molar-refractivity contribution < 1.29 is 30.0 Å². The van der Waals surface area contributed by atoms with Crippen molar-refractivity contribution in [3.05, 3.63) is 83.6 Å². The Kier molecular flexibility index (Phi) is 12.5. The Labute approximate surface area is 274 Å². The van der Waals surface area contributed by atoms with E-state index in [0.717, 1.165) is 13.1 Å². The van der Waals surface area contributed by atoms with Crippen LogP contribution in [0, 0.1) is 11.8 Å². The van der Waals surface area contributed by atoms with Crippen LogP contribution in [0.4, 0.5) is 0 Å². The van der Waals surface area contributed by atoms with E-state index in [-0.39, 0.29) is 10.8 Å². The lowest BCUT2D eigenvalue weighted by molar-refractivity contribution is -0.301. The molecule has 0 aromatic heterocycles. The van der Waals surface area contributed by atoms with Gasteiger partial charge in [0.2, 0.25) is 0 Å². The molecular formula is C38H50N2O6. The van der Waals surface area contributed by atoms with E-state index in [4.69, 9.17) is 0 Å². The van der Waals surface area contributed by atoms with Crippen LogP contribution in [0.3, 0.4) is 0 Å². The Bertz CT molecular complexity index is 1230. The van der Waals surface area contributed by atoms with E-state index in [9.17, 15) is 30.0 Å². The Hall–Kier alpha value is -3.62. The summed E-state index contributed by atoms with van der Waals surface area (Å²) in [6.07, 6.45) is 16.0. The molecule has 2 heterocycles. The van der Waals surface area contributed by atoms with Crippen LogP contribution in [0.2, 0.25) is 0 Å². The van der Waals surface area contributed by atoms with Crippen molar-refractivity contribution in [3.63, 3.8) is 0 Å². The lowest BCUT2D eigenvalue weighted by Crippen LogP contribution is -2.49. The Morgan fingerprint density at radius 1 is 0.717 bits per heavy atom. The quantitative estimate of drug-likeness (QED) is 0.292. The summed E-state index contributed by atoms with van der Waals surface area (Å²) in [5.74, 6) is 0.841. The molecule has 46 heavy (non-hydrogen) atoms. The highest BCUT2D eigenvalue weighted by Gasteiger charge is 2.47. The summed E-state index contributed by atoms with van der Waals surface area (Å²) in [7, 11) is 0. The number of nitrogens with one attached hydrogen (secondary N) is 2. The normalized spacial score (nSPS) is 27.8. The summed E-state index contributed by atoms with van der Waals surface area (Å²) >= 11 is 0. The second kappa shape index (κ2) is 16.3. The van der Waals surface area contributed by atoms with Crippen LogP contribution < -0.4 is 20.8 Å². The predicted molar refractivity (Wildman–Crippen MR) is 176 cm³/mol. The lowest BCUT2D eigenvalue weighted by atomic mass is 9.64. The van der Waals surface area contributed by atoms with Gasteiger partial charge >= 0.3 is 0 Å². The number of carbonyl (C=O) groups excluding carboxylic acids is 2. The van der Waals surface area contributed by atoms with E-state index in [1.807, 2.05) is 24.3 Å². The topological polar surface area (TPSA) is 145 Å². The van der Waals surface area contributed by atoms with Gasteiger partial charge in [0.25, 0.3) is 0 Å². The van der Waals surface area contributed by atoms with Crippen LogP contribution >= 0.6 is 0 Å². The molecule has 0 amide bonds. The molecule has 2 aromatic rings. The van der Waals surface area contributed by atoms with Gasteiger partial charge in [0.15, 0.2) is 0 Å². The molecule has 0 bridgehead atoms. The van der Waals surface area contributed by atoms with Crippen LogP contribution in [0.25, 0.3) is 0 Å². The molecule has 0 unspecified atom stereocenters. The van der Waals surface area contributed by atoms with Crippen molar-refractivity contribution in [3.8, 4) is 11.5 Å². The third-order valence-corrected chi connectivity index (χ3v) is 10.6. The number of phenolic OH excluding ortho intramolecular Hbond substituents is 2. The standard InChI is InChI=1S/2C17H23NO.C4H4O4/c2*1-13-8-10-17(14-5-4-6-15(19)11-14)9-3-2-7-16(17)18-12-13;5-3(6)1-2-4(7)8/h2*4-6,11,16,18H,2-3,7-10,12H2,1H3;1-2H,(H,5,6)(H,7,8)/b;;2-1-/t2*16-,17+;/m11./s1. The zero-order chi connectivity index (χ0) is 33.2. The van der Waals surface area contributed by atoms with Gasteiger partial charge in [0, 0.05) is 22.9 Å². The van der Waals surface area contributed by atoms with Gasteiger partial charge in [0.1, 0.15) is 36.4 Å². The number of phenols is 2.